The molecule has 3 heteroatoms. The monoisotopic (exact) mass is 174 g/mol. The minimum atomic E-state index is 1.00. The molecule has 0 atom stereocenters. The smallest absolute Gasteiger partial charge is 0.0776 e. The molecule has 1 aliphatic rings. The minimum absolute atomic E-state index is 1.00. The van der Waals surface area contributed by atoms with Gasteiger partial charge in [-0.05, 0) is 6.07 Å². The van der Waals surface area contributed by atoms with E-state index >= 15 is 0 Å². The normalized spacial score (nSPS) is 14.1. The summed E-state index contributed by atoms with van der Waals surface area (Å²) in [7, 11) is 1.63. The molecule has 0 N–H and O–H groups in total. The maximum atomic E-state index is 5.16. The van der Waals surface area contributed by atoms with Gasteiger partial charge < -0.3 is 0 Å². The van der Waals surface area contributed by atoms with Crippen molar-refractivity contribution in [3.63, 3.8) is 0 Å². The highest BCUT2D eigenvalue weighted by Crippen LogP contribution is 2.20. The van der Waals surface area contributed by atoms with Crippen molar-refractivity contribution >= 4 is 11.9 Å². The molecule has 1 aromatic carbocycles. The largest absolute Gasteiger partial charge is 0.272 e. The molecule has 0 saturated carbocycles. The molecule has 0 spiro atoms. The lowest BCUT2D eigenvalue weighted by molar-refractivity contribution is 0.197. The van der Waals surface area contributed by atoms with Gasteiger partial charge in [0.15, 0.2) is 0 Å². The maximum absolute atomic E-state index is 5.16. The van der Waals surface area contributed by atoms with E-state index in [2.05, 4.69) is 4.99 Å². The lowest BCUT2D eigenvalue weighted by Crippen LogP contribution is -2.14. The van der Waals surface area contributed by atoms with E-state index in [9.17, 15) is 0 Å². The van der Waals surface area contributed by atoms with Gasteiger partial charge in [-0.1, -0.05) is 18.2 Å². The zero-order chi connectivity index (χ0) is 9.10. The molecule has 3 nitrogen and oxygen atoms in total. The van der Waals surface area contributed by atoms with Crippen LogP contribution in [0.3, 0.4) is 0 Å². The van der Waals surface area contributed by atoms with E-state index in [1.54, 1.807) is 24.6 Å². The predicted molar refractivity (Wildman–Crippen MR) is 52.7 cm³/mol. The van der Waals surface area contributed by atoms with Crippen LogP contribution in [-0.2, 0) is 4.84 Å². The first-order valence-electron chi connectivity index (χ1n) is 4.04. The number of aliphatic imine (C=N–C) groups is 1. The van der Waals surface area contributed by atoms with Gasteiger partial charge in [-0.2, -0.15) is 0 Å². The third-order valence-electron chi connectivity index (χ3n) is 1.87. The van der Waals surface area contributed by atoms with Crippen molar-refractivity contribution < 1.29 is 4.84 Å². The van der Waals surface area contributed by atoms with Gasteiger partial charge in [0.25, 0.3) is 0 Å². The van der Waals surface area contributed by atoms with E-state index in [0.29, 0.717) is 0 Å². The summed E-state index contributed by atoms with van der Waals surface area (Å²) in [6, 6.07) is 7.93. The Hall–Kier alpha value is -1.61. The summed E-state index contributed by atoms with van der Waals surface area (Å²) in [6.07, 6.45) is 5.29. The second kappa shape index (κ2) is 3.41. The molecule has 66 valence electrons. The van der Waals surface area contributed by atoms with E-state index in [1.165, 1.54) is 0 Å². The van der Waals surface area contributed by atoms with Gasteiger partial charge in [-0.15, -0.1) is 0 Å². The number of nitrogens with zero attached hydrogens (tertiary/aromatic N) is 2. The lowest BCUT2D eigenvalue weighted by Gasteiger charge is -2.17. The molecular formula is C10H10N2O. The Morgan fingerprint density at radius 1 is 1.31 bits per heavy atom. The zero-order valence-electron chi connectivity index (χ0n) is 7.34. The molecule has 0 bridgehead atoms. The number of hydrogen-bond donors (Lipinski definition) is 0. The van der Waals surface area contributed by atoms with Crippen LogP contribution in [0.2, 0.25) is 0 Å². The van der Waals surface area contributed by atoms with Crippen LogP contribution in [0.15, 0.2) is 41.7 Å². The summed E-state index contributed by atoms with van der Waals surface area (Å²) in [5.74, 6) is 0. The third-order valence-corrected chi connectivity index (χ3v) is 1.87. The van der Waals surface area contributed by atoms with Crippen molar-refractivity contribution in [1.29, 1.82) is 0 Å². The third kappa shape index (κ3) is 1.46. The molecule has 0 fully saturated rings. The SMILES string of the molecule is CON1C=CN=Cc2ccccc21. The van der Waals surface area contributed by atoms with Crippen molar-refractivity contribution in [3.8, 4) is 0 Å². The molecule has 0 aliphatic carbocycles. The van der Waals surface area contributed by atoms with E-state index in [1.807, 2.05) is 30.5 Å². The highest BCUT2D eigenvalue weighted by atomic mass is 16.7. The van der Waals surface area contributed by atoms with Crippen LogP contribution in [0.4, 0.5) is 5.69 Å². The number of hydrogen-bond acceptors (Lipinski definition) is 3. The van der Waals surface area contributed by atoms with Gasteiger partial charge >= 0.3 is 0 Å². The summed E-state index contributed by atoms with van der Waals surface area (Å²) in [6.45, 7) is 0. The number of fused-ring (bicyclic) bond motifs is 1. The van der Waals surface area contributed by atoms with Gasteiger partial charge in [0, 0.05) is 18.0 Å². The van der Waals surface area contributed by atoms with E-state index in [0.717, 1.165) is 11.3 Å². The first kappa shape index (κ1) is 8.01. The van der Waals surface area contributed by atoms with E-state index in [-0.39, 0.29) is 0 Å². The number of hydroxylamine groups is 1. The molecule has 1 heterocycles. The van der Waals surface area contributed by atoms with Crippen LogP contribution in [0, 0.1) is 0 Å². The Morgan fingerprint density at radius 3 is 3.00 bits per heavy atom. The van der Waals surface area contributed by atoms with Crippen LogP contribution in [0.5, 0.6) is 0 Å². The van der Waals surface area contributed by atoms with Crippen molar-refractivity contribution in [2.45, 2.75) is 0 Å². The van der Waals surface area contributed by atoms with Crippen LogP contribution >= 0.6 is 0 Å². The van der Waals surface area contributed by atoms with Crippen molar-refractivity contribution in [2.24, 2.45) is 4.99 Å². The second-order valence-corrected chi connectivity index (χ2v) is 2.64. The van der Waals surface area contributed by atoms with E-state index < -0.39 is 0 Å². The van der Waals surface area contributed by atoms with E-state index in [4.69, 9.17) is 4.84 Å². The van der Waals surface area contributed by atoms with Crippen LogP contribution in [-0.4, -0.2) is 13.3 Å². The quantitative estimate of drug-likeness (QED) is 0.650. The van der Waals surface area contributed by atoms with Gasteiger partial charge in [-0.3, -0.25) is 9.83 Å². The fraction of sp³-hybridized carbons (Fsp3) is 0.100. The summed E-state index contributed by atoms with van der Waals surface area (Å²) in [5.41, 5.74) is 2.05. The topological polar surface area (TPSA) is 24.8 Å². The summed E-state index contributed by atoms with van der Waals surface area (Å²) in [5, 5.41) is 1.68. The van der Waals surface area contributed by atoms with Crippen molar-refractivity contribution in [3.05, 3.63) is 42.2 Å². The molecule has 1 aromatic rings. The van der Waals surface area contributed by atoms with Gasteiger partial charge in [0.05, 0.1) is 19.0 Å². The average Bonchev–Trinajstić information content (AvgIpc) is 2.39. The van der Waals surface area contributed by atoms with Gasteiger partial charge in [-0.25, -0.2) is 5.06 Å². The molecule has 0 aromatic heterocycles. The Kier molecular flexibility index (Phi) is 2.10. The molecule has 2 rings (SSSR count). The average molecular weight is 174 g/mol. The highest BCUT2D eigenvalue weighted by molar-refractivity contribution is 5.89. The van der Waals surface area contributed by atoms with Gasteiger partial charge in [0.2, 0.25) is 0 Å². The molecule has 0 radical (unpaired) electrons. The minimum Gasteiger partial charge on any atom is -0.272 e. The summed E-state index contributed by atoms with van der Waals surface area (Å²) >= 11 is 0. The Labute approximate surface area is 76.9 Å². The first-order valence-corrected chi connectivity index (χ1v) is 4.04. The molecule has 0 amide bonds. The van der Waals surface area contributed by atoms with Gasteiger partial charge in [0.1, 0.15) is 0 Å². The Morgan fingerprint density at radius 2 is 2.15 bits per heavy atom. The standard InChI is InChI=1S/C10H10N2O/c1-13-12-7-6-11-8-9-4-2-3-5-10(9)12/h2-8H,1H3. The summed E-state index contributed by atoms with van der Waals surface area (Å²) in [4.78, 5) is 9.25. The molecule has 0 unspecified atom stereocenters. The second-order valence-electron chi connectivity index (χ2n) is 2.64. The maximum Gasteiger partial charge on any atom is 0.0776 e. The number of anilines is 1. The molecule has 13 heavy (non-hydrogen) atoms. The number of para-hydroxylation sites is 1. The number of rotatable bonds is 1. The lowest BCUT2D eigenvalue weighted by atomic mass is 10.2. The summed E-state index contributed by atoms with van der Waals surface area (Å²) < 4.78 is 0. The van der Waals surface area contributed by atoms with Crippen LogP contribution in [0.1, 0.15) is 5.56 Å². The Bertz CT molecular complexity index is 358. The fourth-order valence-corrected chi connectivity index (χ4v) is 1.26. The predicted octanol–water partition coefficient (Wildman–Crippen LogP) is 1.96. The van der Waals surface area contributed by atoms with Crippen LogP contribution < -0.4 is 5.06 Å². The molecule has 0 saturated heterocycles. The van der Waals surface area contributed by atoms with Crippen molar-refractivity contribution in [1.82, 2.24) is 0 Å². The molecular weight excluding hydrogens is 164 g/mol. The van der Waals surface area contributed by atoms with Crippen molar-refractivity contribution in [2.75, 3.05) is 12.2 Å². The number of benzene rings is 1. The fourth-order valence-electron chi connectivity index (χ4n) is 1.26. The van der Waals surface area contributed by atoms with Crippen LogP contribution in [0.25, 0.3) is 0 Å². The highest BCUT2D eigenvalue weighted by Gasteiger charge is 2.07. The first-order chi connectivity index (χ1) is 6.42. The Balaban J connectivity index is 2.50. The molecule has 1 aliphatic heterocycles. The zero-order valence-corrected chi connectivity index (χ0v) is 7.34.